The van der Waals surface area contributed by atoms with E-state index in [1.807, 2.05) is 31.2 Å². The van der Waals surface area contributed by atoms with Crippen LogP contribution in [0.3, 0.4) is 0 Å². The van der Waals surface area contributed by atoms with Crippen molar-refractivity contribution in [3.05, 3.63) is 65.2 Å². The van der Waals surface area contributed by atoms with Gasteiger partial charge in [-0.25, -0.2) is 13.6 Å². The molecule has 0 radical (unpaired) electrons. The summed E-state index contributed by atoms with van der Waals surface area (Å²) in [5.74, 6) is 0.0706. The number of Topliss-reactive ketones (excluding diaryl/α,β-unsaturated/α-hetero) is 1. The molecule has 2 aromatic rings. The predicted molar refractivity (Wildman–Crippen MR) is 111 cm³/mol. The van der Waals surface area contributed by atoms with Crippen molar-refractivity contribution < 1.29 is 18.0 Å². The van der Waals surface area contributed by atoms with Crippen molar-refractivity contribution in [3.63, 3.8) is 0 Å². The first-order valence-corrected chi connectivity index (χ1v) is 11.3. The summed E-state index contributed by atoms with van der Waals surface area (Å²) in [6.45, 7) is 2.14. The zero-order valence-electron chi connectivity index (χ0n) is 16.4. The molecule has 0 heterocycles. The minimum absolute atomic E-state index is 0.0420. The van der Waals surface area contributed by atoms with Crippen LogP contribution in [0, 0.1) is 5.92 Å². The first kappa shape index (κ1) is 21.2. The Morgan fingerprint density at radius 2 is 1.72 bits per heavy atom. The molecule has 0 aliphatic heterocycles. The Morgan fingerprint density at radius 1 is 1.10 bits per heavy atom. The molecule has 154 valence electrons. The Morgan fingerprint density at radius 3 is 2.28 bits per heavy atom. The van der Waals surface area contributed by atoms with Crippen molar-refractivity contribution in [1.29, 1.82) is 0 Å². The van der Waals surface area contributed by atoms with Gasteiger partial charge in [-0.3, -0.25) is 9.59 Å². The number of rotatable bonds is 7. The third kappa shape index (κ3) is 5.52. The number of ketones is 1. The molecule has 1 fully saturated rings. The molecule has 1 amide bonds. The quantitative estimate of drug-likeness (QED) is 0.726. The maximum atomic E-state index is 12.5. The van der Waals surface area contributed by atoms with Crippen LogP contribution in [-0.4, -0.2) is 20.1 Å². The van der Waals surface area contributed by atoms with Gasteiger partial charge < -0.3 is 5.32 Å². The molecule has 0 saturated heterocycles. The first-order chi connectivity index (χ1) is 13.7. The summed E-state index contributed by atoms with van der Waals surface area (Å²) in [5.41, 5.74) is 2.82. The fraction of sp³-hybridized carbons (Fsp3) is 0.364. The number of sulfonamides is 1. The second kappa shape index (κ2) is 8.88. The lowest BCUT2D eigenvalue weighted by atomic mass is 9.94. The summed E-state index contributed by atoms with van der Waals surface area (Å²) in [5, 5.41) is 7.95. The van der Waals surface area contributed by atoms with Gasteiger partial charge in [0.25, 0.3) is 0 Å². The van der Waals surface area contributed by atoms with Gasteiger partial charge in [-0.05, 0) is 55.0 Å². The van der Waals surface area contributed by atoms with E-state index in [4.69, 9.17) is 5.14 Å². The molecular weight excluding hydrogens is 388 g/mol. The van der Waals surface area contributed by atoms with E-state index in [-0.39, 0.29) is 22.6 Å². The van der Waals surface area contributed by atoms with Crippen LogP contribution in [0.25, 0.3) is 0 Å². The molecule has 3 N–H and O–H groups in total. The summed E-state index contributed by atoms with van der Waals surface area (Å²) in [6.07, 6.45) is 3.43. The van der Waals surface area contributed by atoms with E-state index in [1.165, 1.54) is 12.1 Å². The van der Waals surface area contributed by atoms with Gasteiger partial charge in [0.15, 0.2) is 0 Å². The van der Waals surface area contributed by atoms with E-state index in [0.29, 0.717) is 18.7 Å². The molecule has 6 nitrogen and oxygen atoms in total. The Labute approximate surface area is 171 Å². The molecule has 2 atom stereocenters. The van der Waals surface area contributed by atoms with Crippen LogP contribution in [0.1, 0.15) is 48.8 Å². The lowest BCUT2D eigenvalue weighted by Crippen LogP contribution is -2.27. The summed E-state index contributed by atoms with van der Waals surface area (Å²) < 4.78 is 22.6. The number of nitrogens with two attached hydrogens (primary N) is 1. The van der Waals surface area contributed by atoms with Crippen molar-refractivity contribution in [3.8, 4) is 0 Å². The van der Waals surface area contributed by atoms with Crippen LogP contribution in [0.4, 0.5) is 0 Å². The van der Waals surface area contributed by atoms with Crippen molar-refractivity contribution >= 4 is 21.7 Å². The highest BCUT2D eigenvalue weighted by Gasteiger charge is 2.24. The highest BCUT2D eigenvalue weighted by molar-refractivity contribution is 7.89. The lowest BCUT2D eigenvalue weighted by Gasteiger charge is -2.14. The fourth-order valence-corrected chi connectivity index (χ4v) is 4.14. The average molecular weight is 415 g/mol. The molecule has 2 aromatic carbocycles. The number of primary sulfonamides is 1. The molecule has 7 heteroatoms. The van der Waals surface area contributed by atoms with Crippen LogP contribution in [0.2, 0.25) is 0 Å². The normalized spacial score (nSPS) is 17.9. The van der Waals surface area contributed by atoms with Crippen molar-refractivity contribution in [2.45, 2.75) is 50.0 Å². The van der Waals surface area contributed by atoms with E-state index in [9.17, 15) is 18.0 Å². The fourth-order valence-electron chi connectivity index (χ4n) is 3.62. The van der Waals surface area contributed by atoms with Crippen molar-refractivity contribution in [2.75, 3.05) is 0 Å². The first-order valence-electron chi connectivity index (χ1n) is 9.75. The van der Waals surface area contributed by atoms with E-state index in [0.717, 1.165) is 36.0 Å². The molecule has 0 bridgehead atoms. The van der Waals surface area contributed by atoms with Crippen LogP contribution in [0.15, 0.2) is 53.4 Å². The Balaban J connectivity index is 1.55. The molecule has 1 aliphatic carbocycles. The van der Waals surface area contributed by atoms with Gasteiger partial charge in [0.2, 0.25) is 15.9 Å². The van der Waals surface area contributed by atoms with Gasteiger partial charge in [-0.15, -0.1) is 0 Å². The molecule has 1 saturated carbocycles. The summed E-state index contributed by atoms with van der Waals surface area (Å²) in [6, 6.07) is 14.0. The topological polar surface area (TPSA) is 106 Å². The van der Waals surface area contributed by atoms with Gasteiger partial charge in [0.1, 0.15) is 5.78 Å². The third-order valence-electron chi connectivity index (χ3n) is 5.50. The third-order valence-corrected chi connectivity index (χ3v) is 6.43. The minimum atomic E-state index is -3.72. The monoisotopic (exact) mass is 414 g/mol. The van der Waals surface area contributed by atoms with Gasteiger partial charge in [-0.2, -0.15) is 0 Å². The van der Waals surface area contributed by atoms with Gasteiger partial charge >= 0.3 is 0 Å². The van der Waals surface area contributed by atoms with Crippen LogP contribution in [-0.2, 0) is 32.6 Å². The van der Waals surface area contributed by atoms with E-state index in [1.54, 1.807) is 12.1 Å². The SMILES string of the molecule is CC(C(=O)NCc1ccc(S(N)(=O)=O)cc1)c1ccc(CC2CCCC2=O)cc1. The highest BCUT2D eigenvalue weighted by Crippen LogP contribution is 2.26. The second-order valence-electron chi connectivity index (χ2n) is 7.63. The summed E-state index contributed by atoms with van der Waals surface area (Å²) in [4.78, 5) is 24.3. The smallest absolute Gasteiger partial charge is 0.238 e. The molecule has 1 aliphatic rings. The van der Waals surface area contributed by atoms with E-state index in [2.05, 4.69) is 5.32 Å². The summed E-state index contributed by atoms with van der Waals surface area (Å²) in [7, 11) is -3.72. The molecular formula is C22H26N2O4S. The lowest BCUT2D eigenvalue weighted by molar-refractivity contribution is -0.122. The van der Waals surface area contributed by atoms with Crippen LogP contribution < -0.4 is 10.5 Å². The number of nitrogens with one attached hydrogen (secondary N) is 1. The number of hydrogen-bond donors (Lipinski definition) is 2. The molecule has 2 unspecified atom stereocenters. The van der Waals surface area contributed by atoms with E-state index >= 15 is 0 Å². The number of carbonyl (C=O) groups excluding carboxylic acids is 2. The minimum Gasteiger partial charge on any atom is -0.352 e. The maximum absolute atomic E-state index is 12.5. The predicted octanol–water partition coefficient (Wildman–Crippen LogP) is 2.67. The zero-order valence-corrected chi connectivity index (χ0v) is 17.2. The average Bonchev–Trinajstić information content (AvgIpc) is 3.10. The number of benzene rings is 2. The largest absolute Gasteiger partial charge is 0.352 e. The molecule has 3 rings (SSSR count). The number of carbonyl (C=O) groups is 2. The molecule has 0 spiro atoms. The number of amides is 1. The maximum Gasteiger partial charge on any atom is 0.238 e. The van der Waals surface area contributed by atoms with Gasteiger partial charge in [0.05, 0.1) is 10.8 Å². The Kier molecular flexibility index (Phi) is 6.49. The highest BCUT2D eigenvalue weighted by atomic mass is 32.2. The Bertz CT molecular complexity index is 982. The standard InChI is InChI=1S/C22H26N2O4S/c1-15(18-9-5-16(6-10-18)13-19-3-2-4-21(19)25)22(26)24-14-17-7-11-20(12-8-17)29(23,27)28/h5-12,15,19H,2-4,13-14H2,1H3,(H,24,26)(H2,23,27,28). The van der Waals surface area contributed by atoms with Crippen LogP contribution >= 0.6 is 0 Å². The van der Waals surface area contributed by atoms with Crippen LogP contribution in [0.5, 0.6) is 0 Å². The summed E-state index contributed by atoms with van der Waals surface area (Å²) >= 11 is 0. The van der Waals surface area contributed by atoms with Gasteiger partial charge in [-0.1, -0.05) is 36.4 Å². The van der Waals surface area contributed by atoms with Crippen molar-refractivity contribution in [1.82, 2.24) is 5.32 Å². The number of hydrogen-bond acceptors (Lipinski definition) is 4. The molecule has 29 heavy (non-hydrogen) atoms. The van der Waals surface area contributed by atoms with Crippen molar-refractivity contribution in [2.24, 2.45) is 11.1 Å². The zero-order chi connectivity index (χ0) is 21.0. The van der Waals surface area contributed by atoms with E-state index < -0.39 is 10.0 Å². The Hall–Kier alpha value is -2.51. The molecule has 0 aromatic heterocycles. The second-order valence-corrected chi connectivity index (χ2v) is 9.19. The van der Waals surface area contributed by atoms with Gasteiger partial charge in [0, 0.05) is 18.9 Å².